The van der Waals surface area contributed by atoms with Crippen LogP contribution in [0.3, 0.4) is 0 Å². The van der Waals surface area contributed by atoms with E-state index >= 15 is 0 Å². The minimum atomic E-state index is -2.60. The van der Waals surface area contributed by atoms with E-state index in [-0.39, 0.29) is 0 Å². The summed E-state index contributed by atoms with van der Waals surface area (Å²) in [6.45, 7) is 3.64. The van der Waals surface area contributed by atoms with Crippen LogP contribution in [-0.2, 0) is 5.54 Å². The molecule has 1 aromatic carbocycles. The van der Waals surface area contributed by atoms with E-state index in [1.54, 1.807) is 24.3 Å². The Hall–Kier alpha value is -1.16. The third kappa shape index (κ3) is 2.65. The molecular formula is C11H15F2NO. The van der Waals surface area contributed by atoms with E-state index in [0.29, 0.717) is 17.9 Å². The van der Waals surface area contributed by atoms with Crippen molar-refractivity contribution in [1.82, 2.24) is 0 Å². The first-order valence-electron chi connectivity index (χ1n) is 4.79. The number of halogens is 2. The maximum Gasteiger partial charge on any atom is 0.260 e. The van der Waals surface area contributed by atoms with E-state index in [2.05, 4.69) is 0 Å². The van der Waals surface area contributed by atoms with Gasteiger partial charge in [0.2, 0.25) is 0 Å². The van der Waals surface area contributed by atoms with Crippen molar-refractivity contribution in [3.63, 3.8) is 0 Å². The molecule has 84 valence electrons. The van der Waals surface area contributed by atoms with Gasteiger partial charge >= 0.3 is 0 Å². The molecule has 0 amide bonds. The molecule has 0 saturated heterocycles. The van der Waals surface area contributed by atoms with Crippen LogP contribution in [0, 0.1) is 0 Å². The van der Waals surface area contributed by atoms with Gasteiger partial charge in [0.1, 0.15) is 5.75 Å². The van der Waals surface area contributed by atoms with Crippen LogP contribution in [-0.4, -0.2) is 13.0 Å². The van der Waals surface area contributed by atoms with Gasteiger partial charge in [-0.3, -0.25) is 0 Å². The molecule has 0 spiro atoms. The molecule has 1 atom stereocenters. The molecule has 4 heteroatoms. The van der Waals surface area contributed by atoms with Crippen molar-refractivity contribution < 1.29 is 13.5 Å². The van der Waals surface area contributed by atoms with E-state index in [4.69, 9.17) is 10.5 Å². The van der Waals surface area contributed by atoms with E-state index in [1.165, 1.54) is 6.92 Å². The first-order valence-corrected chi connectivity index (χ1v) is 4.79. The van der Waals surface area contributed by atoms with Crippen LogP contribution in [0.5, 0.6) is 5.75 Å². The summed E-state index contributed by atoms with van der Waals surface area (Å²) >= 11 is 0. The summed E-state index contributed by atoms with van der Waals surface area (Å²) in [7, 11) is 0. The second kappa shape index (κ2) is 4.57. The van der Waals surface area contributed by atoms with Gasteiger partial charge in [0.15, 0.2) is 0 Å². The molecule has 1 rings (SSSR count). The van der Waals surface area contributed by atoms with Crippen LogP contribution in [0.25, 0.3) is 0 Å². The Balaban J connectivity index is 2.99. The van der Waals surface area contributed by atoms with Crippen LogP contribution in [0.2, 0.25) is 0 Å². The number of nitrogens with two attached hydrogens (primary N) is 1. The minimum absolute atomic E-state index is 0.378. The summed E-state index contributed by atoms with van der Waals surface area (Å²) in [5, 5.41) is 0. The average molecular weight is 215 g/mol. The van der Waals surface area contributed by atoms with Gasteiger partial charge in [-0.05, 0) is 31.5 Å². The Labute approximate surface area is 88.0 Å². The molecular weight excluding hydrogens is 200 g/mol. The first-order chi connectivity index (χ1) is 6.98. The molecule has 1 aromatic rings. The Morgan fingerprint density at radius 1 is 1.47 bits per heavy atom. The van der Waals surface area contributed by atoms with Gasteiger partial charge < -0.3 is 10.5 Å². The van der Waals surface area contributed by atoms with Crippen molar-refractivity contribution in [2.24, 2.45) is 5.73 Å². The molecule has 0 aromatic heterocycles. The van der Waals surface area contributed by atoms with Gasteiger partial charge in [0.05, 0.1) is 12.1 Å². The van der Waals surface area contributed by atoms with Crippen LogP contribution >= 0.6 is 0 Å². The molecule has 1 unspecified atom stereocenters. The summed E-state index contributed by atoms with van der Waals surface area (Å²) in [5.74, 6) is 0.562. The zero-order chi connectivity index (χ0) is 11.5. The number of hydrogen-bond donors (Lipinski definition) is 1. The molecule has 0 heterocycles. The molecule has 0 aliphatic rings. The maximum absolute atomic E-state index is 12.7. The quantitative estimate of drug-likeness (QED) is 0.837. The Morgan fingerprint density at radius 3 is 2.67 bits per heavy atom. The van der Waals surface area contributed by atoms with Crippen LogP contribution in [0.4, 0.5) is 8.78 Å². The molecule has 15 heavy (non-hydrogen) atoms. The zero-order valence-corrected chi connectivity index (χ0v) is 8.84. The summed E-state index contributed by atoms with van der Waals surface area (Å²) in [6, 6.07) is 6.51. The predicted molar refractivity (Wildman–Crippen MR) is 55.2 cm³/mol. The van der Waals surface area contributed by atoms with E-state index in [0.717, 1.165) is 0 Å². The minimum Gasteiger partial charge on any atom is -0.494 e. The summed E-state index contributed by atoms with van der Waals surface area (Å²) in [6.07, 6.45) is -2.60. The monoisotopic (exact) mass is 215 g/mol. The molecule has 0 aliphatic heterocycles. The highest BCUT2D eigenvalue weighted by Crippen LogP contribution is 2.27. The SMILES string of the molecule is CCOc1cccc(C(C)(N)C(F)F)c1. The lowest BCUT2D eigenvalue weighted by atomic mass is 9.94. The molecule has 0 saturated carbocycles. The average Bonchev–Trinajstić information content (AvgIpc) is 2.18. The van der Waals surface area contributed by atoms with Crippen LogP contribution in [0.1, 0.15) is 19.4 Å². The van der Waals surface area contributed by atoms with Gasteiger partial charge in [-0.25, -0.2) is 8.78 Å². The highest BCUT2D eigenvalue weighted by atomic mass is 19.3. The first kappa shape index (κ1) is 11.9. The van der Waals surface area contributed by atoms with Gasteiger partial charge in [0.25, 0.3) is 6.43 Å². The smallest absolute Gasteiger partial charge is 0.260 e. The maximum atomic E-state index is 12.7. The normalized spacial score (nSPS) is 15.1. The predicted octanol–water partition coefficient (Wildman–Crippen LogP) is 2.52. The molecule has 0 fully saturated rings. The molecule has 2 nitrogen and oxygen atoms in total. The van der Waals surface area contributed by atoms with Gasteiger partial charge in [-0.1, -0.05) is 12.1 Å². The Bertz CT molecular complexity index is 326. The summed E-state index contributed by atoms with van der Waals surface area (Å²) in [5.41, 5.74) is 4.29. The fraction of sp³-hybridized carbons (Fsp3) is 0.455. The third-order valence-corrected chi connectivity index (χ3v) is 2.22. The van der Waals surface area contributed by atoms with Crippen molar-refractivity contribution in [2.75, 3.05) is 6.61 Å². The van der Waals surface area contributed by atoms with Crippen molar-refractivity contribution in [3.8, 4) is 5.75 Å². The number of alkyl halides is 2. The van der Waals surface area contributed by atoms with Crippen molar-refractivity contribution in [3.05, 3.63) is 29.8 Å². The molecule has 0 aliphatic carbocycles. The third-order valence-electron chi connectivity index (χ3n) is 2.22. The highest BCUT2D eigenvalue weighted by molar-refractivity contribution is 5.33. The summed E-state index contributed by atoms with van der Waals surface area (Å²) < 4.78 is 30.5. The topological polar surface area (TPSA) is 35.2 Å². The Morgan fingerprint density at radius 2 is 2.13 bits per heavy atom. The number of benzene rings is 1. The summed E-state index contributed by atoms with van der Waals surface area (Å²) in [4.78, 5) is 0. The fourth-order valence-electron chi connectivity index (χ4n) is 1.21. The number of rotatable bonds is 4. The largest absolute Gasteiger partial charge is 0.494 e. The molecule has 0 radical (unpaired) electrons. The van der Waals surface area contributed by atoms with E-state index < -0.39 is 12.0 Å². The standard InChI is InChI=1S/C11H15F2NO/c1-3-15-9-6-4-5-8(7-9)11(2,14)10(12)13/h4-7,10H,3,14H2,1-2H3. The van der Waals surface area contributed by atoms with Crippen LogP contribution in [0.15, 0.2) is 24.3 Å². The lowest BCUT2D eigenvalue weighted by Crippen LogP contribution is -2.40. The van der Waals surface area contributed by atoms with Crippen molar-refractivity contribution in [1.29, 1.82) is 0 Å². The van der Waals surface area contributed by atoms with Crippen molar-refractivity contribution in [2.45, 2.75) is 25.8 Å². The molecule has 0 bridgehead atoms. The number of hydrogen-bond acceptors (Lipinski definition) is 2. The van der Waals surface area contributed by atoms with Gasteiger partial charge in [-0.2, -0.15) is 0 Å². The van der Waals surface area contributed by atoms with Crippen molar-refractivity contribution >= 4 is 0 Å². The second-order valence-corrected chi connectivity index (χ2v) is 3.54. The highest BCUT2D eigenvalue weighted by Gasteiger charge is 2.32. The Kier molecular flexibility index (Phi) is 3.63. The van der Waals surface area contributed by atoms with Gasteiger partial charge in [-0.15, -0.1) is 0 Å². The van der Waals surface area contributed by atoms with Gasteiger partial charge in [0, 0.05) is 0 Å². The van der Waals surface area contributed by atoms with E-state index in [9.17, 15) is 8.78 Å². The fourth-order valence-corrected chi connectivity index (χ4v) is 1.21. The van der Waals surface area contributed by atoms with Crippen LogP contribution < -0.4 is 10.5 Å². The van der Waals surface area contributed by atoms with E-state index in [1.807, 2.05) is 6.92 Å². The molecule has 2 N–H and O–H groups in total. The zero-order valence-electron chi connectivity index (χ0n) is 8.84. The lowest BCUT2D eigenvalue weighted by molar-refractivity contribution is 0.0624. The second-order valence-electron chi connectivity index (χ2n) is 3.54. The number of ether oxygens (including phenoxy) is 1. The lowest BCUT2D eigenvalue weighted by Gasteiger charge is -2.24.